The molecule has 0 aliphatic carbocycles. The predicted octanol–water partition coefficient (Wildman–Crippen LogP) is 4.10. The van der Waals surface area contributed by atoms with Gasteiger partial charge in [-0.15, -0.1) is 0 Å². The van der Waals surface area contributed by atoms with Crippen LogP contribution in [0.5, 0.6) is 5.75 Å². The number of anilines is 1. The molecule has 0 spiro atoms. The fourth-order valence-corrected chi connectivity index (χ4v) is 1.61. The Bertz CT molecular complexity index is 367. The molecule has 0 fully saturated rings. The Kier molecular flexibility index (Phi) is 4.58. The van der Waals surface area contributed by atoms with Gasteiger partial charge in [0.15, 0.2) is 5.75 Å². The average Bonchev–Trinajstić information content (AvgIpc) is 2.15. The fourth-order valence-electron chi connectivity index (χ4n) is 0.935. The van der Waals surface area contributed by atoms with Crippen LogP contribution in [0.1, 0.15) is 6.92 Å². The van der Waals surface area contributed by atoms with Crippen LogP contribution in [-0.2, 0) is 0 Å². The number of nitrogen functional groups attached to an aromatic ring is 1. The molecule has 1 rings (SSSR count). The first-order valence-electron chi connectivity index (χ1n) is 4.17. The first-order chi connectivity index (χ1) is 7.04. The van der Waals surface area contributed by atoms with Crippen LogP contribution >= 0.6 is 34.8 Å². The SMILES string of the molecule is CC(=CCl)COc1c(Cl)cc(N)cc1Cl. The summed E-state index contributed by atoms with van der Waals surface area (Å²) in [6.07, 6.45) is 0. The second kappa shape index (κ2) is 5.50. The molecule has 0 heterocycles. The lowest BCUT2D eigenvalue weighted by Crippen LogP contribution is -2.00. The molecule has 2 nitrogen and oxygen atoms in total. The van der Waals surface area contributed by atoms with E-state index in [1.54, 1.807) is 12.1 Å². The first kappa shape index (κ1) is 12.5. The molecule has 5 heteroatoms. The molecule has 0 unspecified atom stereocenters. The topological polar surface area (TPSA) is 35.2 Å². The minimum absolute atomic E-state index is 0.340. The minimum atomic E-state index is 0.340. The summed E-state index contributed by atoms with van der Waals surface area (Å²) < 4.78 is 5.40. The Balaban J connectivity index is 2.86. The van der Waals surface area contributed by atoms with E-state index in [1.165, 1.54) is 5.54 Å². The van der Waals surface area contributed by atoms with Crippen molar-refractivity contribution in [2.45, 2.75) is 6.92 Å². The second-order valence-electron chi connectivity index (χ2n) is 3.06. The van der Waals surface area contributed by atoms with Crippen molar-refractivity contribution in [3.8, 4) is 5.75 Å². The molecule has 1 aromatic rings. The Morgan fingerprint density at radius 2 is 1.93 bits per heavy atom. The van der Waals surface area contributed by atoms with E-state index in [-0.39, 0.29) is 0 Å². The molecular formula is C10H10Cl3NO. The Labute approximate surface area is 104 Å². The molecule has 0 amide bonds. The maximum absolute atomic E-state index is 5.92. The van der Waals surface area contributed by atoms with Gasteiger partial charge in [0.25, 0.3) is 0 Å². The van der Waals surface area contributed by atoms with E-state index < -0.39 is 0 Å². The van der Waals surface area contributed by atoms with Gasteiger partial charge in [-0.25, -0.2) is 0 Å². The number of rotatable bonds is 3. The Morgan fingerprint density at radius 1 is 1.40 bits per heavy atom. The van der Waals surface area contributed by atoms with Gasteiger partial charge < -0.3 is 10.5 Å². The van der Waals surface area contributed by atoms with Gasteiger partial charge in [0.05, 0.1) is 10.0 Å². The molecule has 1 aromatic carbocycles. The lowest BCUT2D eigenvalue weighted by molar-refractivity contribution is 0.353. The largest absolute Gasteiger partial charge is 0.486 e. The number of nitrogens with two attached hydrogens (primary N) is 1. The van der Waals surface area contributed by atoms with Gasteiger partial charge in [0.2, 0.25) is 0 Å². The third kappa shape index (κ3) is 3.49. The van der Waals surface area contributed by atoms with E-state index in [9.17, 15) is 0 Å². The molecule has 15 heavy (non-hydrogen) atoms. The molecule has 0 saturated heterocycles. The fraction of sp³-hybridized carbons (Fsp3) is 0.200. The third-order valence-corrected chi connectivity index (χ3v) is 2.59. The highest BCUT2D eigenvalue weighted by atomic mass is 35.5. The van der Waals surface area contributed by atoms with E-state index in [1.807, 2.05) is 6.92 Å². The standard InChI is InChI=1S/C10H10Cl3NO/c1-6(4-11)5-15-10-8(12)2-7(14)3-9(10)13/h2-4H,5,14H2,1H3. The molecule has 82 valence electrons. The molecule has 0 bridgehead atoms. The summed E-state index contributed by atoms with van der Waals surface area (Å²) in [5, 5.41) is 0.782. The number of hydrogen-bond acceptors (Lipinski definition) is 2. The summed E-state index contributed by atoms with van der Waals surface area (Å²) in [4.78, 5) is 0. The second-order valence-corrected chi connectivity index (χ2v) is 4.09. The highest BCUT2D eigenvalue weighted by molar-refractivity contribution is 6.37. The molecule has 0 atom stereocenters. The monoisotopic (exact) mass is 265 g/mol. The molecule has 0 aromatic heterocycles. The maximum atomic E-state index is 5.92. The average molecular weight is 267 g/mol. The van der Waals surface area contributed by atoms with Gasteiger partial charge in [-0.1, -0.05) is 34.8 Å². The molecule has 0 aliphatic rings. The van der Waals surface area contributed by atoms with Crippen LogP contribution in [0, 0.1) is 0 Å². The van der Waals surface area contributed by atoms with Gasteiger partial charge in [0, 0.05) is 11.2 Å². The zero-order valence-electron chi connectivity index (χ0n) is 8.06. The van der Waals surface area contributed by atoms with Crippen LogP contribution < -0.4 is 10.5 Å². The van der Waals surface area contributed by atoms with Gasteiger partial charge in [-0.3, -0.25) is 0 Å². The van der Waals surface area contributed by atoms with Crippen molar-refractivity contribution in [3.63, 3.8) is 0 Å². The normalized spacial score (nSPS) is 11.6. The van der Waals surface area contributed by atoms with Crippen molar-refractivity contribution in [2.24, 2.45) is 0 Å². The van der Waals surface area contributed by atoms with Crippen molar-refractivity contribution in [2.75, 3.05) is 12.3 Å². The Hall–Kier alpha value is -0.570. The van der Waals surface area contributed by atoms with Gasteiger partial charge in [0.1, 0.15) is 6.61 Å². The number of halogens is 3. The lowest BCUT2D eigenvalue weighted by Gasteiger charge is -2.10. The summed E-state index contributed by atoms with van der Waals surface area (Å²) in [7, 11) is 0. The maximum Gasteiger partial charge on any atom is 0.157 e. The van der Waals surface area contributed by atoms with E-state index in [0.29, 0.717) is 28.1 Å². The van der Waals surface area contributed by atoms with Crippen LogP contribution in [0.3, 0.4) is 0 Å². The molecule has 0 saturated carbocycles. The van der Waals surface area contributed by atoms with E-state index in [4.69, 9.17) is 45.3 Å². The molecule has 2 N–H and O–H groups in total. The quantitative estimate of drug-likeness (QED) is 0.836. The zero-order chi connectivity index (χ0) is 11.4. The number of ether oxygens (including phenoxy) is 1. The van der Waals surface area contributed by atoms with Gasteiger partial charge >= 0.3 is 0 Å². The highest BCUT2D eigenvalue weighted by Crippen LogP contribution is 2.35. The smallest absolute Gasteiger partial charge is 0.157 e. The van der Waals surface area contributed by atoms with Gasteiger partial charge in [-0.05, 0) is 24.6 Å². The minimum Gasteiger partial charge on any atom is -0.486 e. The van der Waals surface area contributed by atoms with Crippen LogP contribution in [0.15, 0.2) is 23.2 Å². The van der Waals surface area contributed by atoms with Crippen LogP contribution in [0.4, 0.5) is 5.69 Å². The number of benzene rings is 1. The van der Waals surface area contributed by atoms with Crippen molar-refractivity contribution in [1.82, 2.24) is 0 Å². The van der Waals surface area contributed by atoms with Crippen LogP contribution in [-0.4, -0.2) is 6.61 Å². The summed E-state index contributed by atoms with van der Waals surface area (Å²) in [5.74, 6) is 0.422. The highest BCUT2D eigenvalue weighted by Gasteiger charge is 2.08. The van der Waals surface area contributed by atoms with Crippen molar-refractivity contribution in [1.29, 1.82) is 0 Å². The van der Waals surface area contributed by atoms with E-state index >= 15 is 0 Å². The lowest BCUT2D eigenvalue weighted by atomic mass is 10.3. The summed E-state index contributed by atoms with van der Waals surface area (Å²) in [6.45, 7) is 2.18. The van der Waals surface area contributed by atoms with Crippen molar-refractivity contribution >= 4 is 40.5 Å². The predicted molar refractivity (Wildman–Crippen MR) is 66.0 cm³/mol. The van der Waals surface area contributed by atoms with E-state index in [2.05, 4.69) is 0 Å². The third-order valence-electron chi connectivity index (χ3n) is 1.65. The van der Waals surface area contributed by atoms with Crippen LogP contribution in [0.2, 0.25) is 10.0 Å². The summed E-state index contributed by atoms with van der Waals surface area (Å²) in [5.41, 5.74) is 8.37. The molecule has 0 aliphatic heterocycles. The van der Waals surface area contributed by atoms with E-state index in [0.717, 1.165) is 5.57 Å². The number of hydrogen-bond donors (Lipinski definition) is 1. The molecule has 0 radical (unpaired) electrons. The zero-order valence-corrected chi connectivity index (χ0v) is 10.3. The van der Waals surface area contributed by atoms with Crippen molar-refractivity contribution in [3.05, 3.63) is 33.3 Å². The summed E-state index contributed by atoms with van der Waals surface area (Å²) in [6, 6.07) is 3.17. The summed E-state index contributed by atoms with van der Waals surface area (Å²) >= 11 is 17.3. The molecular weight excluding hydrogens is 256 g/mol. The first-order valence-corrected chi connectivity index (χ1v) is 5.37. The Morgan fingerprint density at radius 3 is 2.40 bits per heavy atom. The van der Waals surface area contributed by atoms with Gasteiger partial charge in [-0.2, -0.15) is 0 Å². The van der Waals surface area contributed by atoms with Crippen LogP contribution in [0.25, 0.3) is 0 Å². The van der Waals surface area contributed by atoms with Crippen molar-refractivity contribution < 1.29 is 4.74 Å².